The van der Waals surface area contributed by atoms with Crippen molar-refractivity contribution >= 4 is 11.6 Å². The third-order valence-corrected chi connectivity index (χ3v) is 5.60. The van der Waals surface area contributed by atoms with Crippen molar-refractivity contribution in [3.05, 3.63) is 89.5 Å². The summed E-state index contributed by atoms with van der Waals surface area (Å²) in [5, 5.41) is 7.30. The summed E-state index contributed by atoms with van der Waals surface area (Å²) in [4.78, 5) is 19.1. The molecule has 4 rings (SSSR count). The van der Waals surface area contributed by atoms with Gasteiger partial charge in [-0.2, -0.15) is 4.98 Å². The van der Waals surface area contributed by atoms with Crippen LogP contribution in [-0.2, 0) is 6.42 Å². The van der Waals surface area contributed by atoms with Crippen LogP contribution in [0.2, 0.25) is 0 Å². The Morgan fingerprint density at radius 3 is 2.48 bits per heavy atom. The van der Waals surface area contributed by atoms with Crippen LogP contribution in [0.1, 0.15) is 42.5 Å². The van der Waals surface area contributed by atoms with Crippen LogP contribution in [0.3, 0.4) is 0 Å². The summed E-state index contributed by atoms with van der Waals surface area (Å²) in [5.74, 6) is 0.916. The number of aryl methyl sites for hydroxylation is 2. The second-order valence-corrected chi connectivity index (χ2v) is 7.67. The van der Waals surface area contributed by atoms with E-state index in [0.29, 0.717) is 18.3 Å². The highest BCUT2D eigenvalue weighted by Crippen LogP contribution is 2.37. The second-order valence-electron chi connectivity index (χ2n) is 7.67. The zero-order valence-electron chi connectivity index (χ0n) is 18.1. The number of carbonyl (C=O) groups excluding carboxylic acids is 1. The topological polar surface area (TPSA) is 71.3 Å². The van der Waals surface area contributed by atoms with Crippen LogP contribution in [0.5, 0.6) is 0 Å². The van der Waals surface area contributed by atoms with Crippen LogP contribution in [-0.4, -0.2) is 27.6 Å². The molecular formula is C25H26N4O2. The molecule has 6 nitrogen and oxygen atoms in total. The number of nitrogens with zero attached hydrogens (tertiary/aromatic N) is 3. The standard InChI is InChI=1S/C25H26N4O2/c1-5-15-29-17(4)21(22(26-25(29)30)19-11-7-16(3)8-12-19)24-27-23(28-31-24)20-13-9-18(6-2)10-14-20/h5,7-14,22H,1,6,15H2,2-4H3,(H,26,30). The van der Waals surface area contributed by atoms with Gasteiger partial charge in [0, 0.05) is 17.8 Å². The third-order valence-electron chi connectivity index (χ3n) is 5.60. The van der Waals surface area contributed by atoms with E-state index in [2.05, 4.69) is 41.1 Å². The Balaban J connectivity index is 1.78. The minimum absolute atomic E-state index is 0.179. The van der Waals surface area contributed by atoms with Gasteiger partial charge in [0.1, 0.15) is 0 Å². The predicted molar refractivity (Wildman–Crippen MR) is 121 cm³/mol. The van der Waals surface area contributed by atoms with Gasteiger partial charge in [-0.05, 0) is 31.4 Å². The van der Waals surface area contributed by atoms with Crippen LogP contribution in [0.4, 0.5) is 4.79 Å². The molecule has 2 heterocycles. The molecule has 1 aliphatic heterocycles. The largest absolute Gasteiger partial charge is 0.334 e. The SMILES string of the molecule is C=CCN1C(=O)NC(c2ccc(C)cc2)C(c2nc(-c3ccc(CC)cc3)no2)=C1C. The molecular weight excluding hydrogens is 388 g/mol. The molecule has 1 unspecified atom stereocenters. The molecule has 0 spiro atoms. The van der Waals surface area contributed by atoms with E-state index in [-0.39, 0.29) is 12.1 Å². The molecule has 1 atom stereocenters. The molecule has 0 saturated heterocycles. The normalized spacial score (nSPS) is 16.4. The quantitative estimate of drug-likeness (QED) is 0.556. The highest BCUT2D eigenvalue weighted by molar-refractivity contribution is 5.87. The molecule has 31 heavy (non-hydrogen) atoms. The summed E-state index contributed by atoms with van der Waals surface area (Å²) in [6.07, 6.45) is 2.67. The Kier molecular flexibility index (Phi) is 5.71. The Labute approximate surface area is 182 Å². The first-order valence-corrected chi connectivity index (χ1v) is 10.4. The van der Waals surface area contributed by atoms with E-state index in [1.165, 1.54) is 5.56 Å². The van der Waals surface area contributed by atoms with Gasteiger partial charge < -0.3 is 9.84 Å². The number of aromatic nitrogens is 2. The molecule has 0 radical (unpaired) electrons. The molecule has 1 N–H and O–H groups in total. The number of benzene rings is 2. The minimum Gasteiger partial charge on any atom is -0.334 e. The van der Waals surface area contributed by atoms with Gasteiger partial charge in [0.2, 0.25) is 5.82 Å². The highest BCUT2D eigenvalue weighted by atomic mass is 16.5. The first-order valence-electron chi connectivity index (χ1n) is 10.4. The van der Waals surface area contributed by atoms with Crippen LogP contribution >= 0.6 is 0 Å². The fourth-order valence-electron chi connectivity index (χ4n) is 3.76. The van der Waals surface area contributed by atoms with E-state index in [0.717, 1.165) is 34.4 Å². The molecule has 0 bridgehead atoms. The Morgan fingerprint density at radius 1 is 1.13 bits per heavy atom. The zero-order valence-corrected chi connectivity index (χ0v) is 18.1. The molecule has 0 fully saturated rings. The summed E-state index contributed by atoms with van der Waals surface area (Å²) in [5.41, 5.74) is 5.80. The van der Waals surface area contributed by atoms with Gasteiger partial charge in [-0.3, -0.25) is 4.90 Å². The average molecular weight is 415 g/mol. The predicted octanol–water partition coefficient (Wildman–Crippen LogP) is 5.29. The maximum atomic E-state index is 12.8. The maximum absolute atomic E-state index is 12.8. The van der Waals surface area contributed by atoms with Crippen molar-refractivity contribution in [3.63, 3.8) is 0 Å². The van der Waals surface area contributed by atoms with Crippen LogP contribution in [0.25, 0.3) is 17.0 Å². The average Bonchev–Trinajstić information content (AvgIpc) is 3.26. The molecule has 0 aliphatic carbocycles. The molecule has 2 amide bonds. The smallest absolute Gasteiger partial charge is 0.322 e. The van der Waals surface area contributed by atoms with Gasteiger partial charge in [-0.15, -0.1) is 6.58 Å². The number of nitrogens with one attached hydrogen (secondary N) is 1. The van der Waals surface area contributed by atoms with E-state index < -0.39 is 0 Å². The Bertz CT molecular complexity index is 1130. The lowest BCUT2D eigenvalue weighted by Gasteiger charge is -2.34. The van der Waals surface area contributed by atoms with Gasteiger partial charge >= 0.3 is 6.03 Å². The summed E-state index contributed by atoms with van der Waals surface area (Å²) in [7, 11) is 0. The third kappa shape index (κ3) is 4.01. The zero-order chi connectivity index (χ0) is 22.0. The molecule has 158 valence electrons. The number of hydrogen-bond acceptors (Lipinski definition) is 4. The number of urea groups is 1. The van der Waals surface area contributed by atoms with Gasteiger partial charge in [0.05, 0.1) is 11.6 Å². The summed E-state index contributed by atoms with van der Waals surface area (Å²) in [6.45, 7) is 10.2. The maximum Gasteiger partial charge on any atom is 0.322 e. The highest BCUT2D eigenvalue weighted by Gasteiger charge is 2.35. The molecule has 1 aliphatic rings. The van der Waals surface area contributed by atoms with Crippen molar-refractivity contribution in [2.24, 2.45) is 0 Å². The number of hydrogen-bond donors (Lipinski definition) is 1. The summed E-state index contributed by atoms with van der Waals surface area (Å²) >= 11 is 0. The Morgan fingerprint density at radius 2 is 1.84 bits per heavy atom. The minimum atomic E-state index is -0.384. The van der Waals surface area contributed by atoms with Crippen molar-refractivity contribution in [3.8, 4) is 11.4 Å². The fourth-order valence-corrected chi connectivity index (χ4v) is 3.76. The lowest BCUT2D eigenvalue weighted by atomic mass is 9.94. The van der Waals surface area contributed by atoms with E-state index in [4.69, 9.17) is 4.52 Å². The Hall–Kier alpha value is -3.67. The molecule has 2 aromatic carbocycles. The van der Waals surface area contributed by atoms with Crippen molar-refractivity contribution < 1.29 is 9.32 Å². The number of rotatable bonds is 6. The monoisotopic (exact) mass is 414 g/mol. The van der Waals surface area contributed by atoms with Crippen molar-refractivity contribution in [1.29, 1.82) is 0 Å². The molecule has 6 heteroatoms. The summed E-state index contributed by atoms with van der Waals surface area (Å²) < 4.78 is 5.70. The van der Waals surface area contributed by atoms with Crippen LogP contribution in [0.15, 0.2) is 71.4 Å². The molecule has 3 aromatic rings. The van der Waals surface area contributed by atoms with E-state index >= 15 is 0 Å². The van der Waals surface area contributed by atoms with Crippen LogP contribution in [0, 0.1) is 6.92 Å². The van der Waals surface area contributed by atoms with E-state index in [9.17, 15) is 4.79 Å². The van der Waals surface area contributed by atoms with Gasteiger partial charge in [0.25, 0.3) is 5.89 Å². The van der Waals surface area contributed by atoms with E-state index in [1.807, 2.05) is 50.2 Å². The first-order chi connectivity index (χ1) is 15.0. The van der Waals surface area contributed by atoms with Crippen molar-refractivity contribution in [1.82, 2.24) is 20.4 Å². The fraction of sp³-hybridized carbons (Fsp3) is 0.240. The lowest BCUT2D eigenvalue weighted by molar-refractivity contribution is 0.209. The van der Waals surface area contributed by atoms with Crippen molar-refractivity contribution in [2.75, 3.05) is 6.54 Å². The van der Waals surface area contributed by atoms with Gasteiger partial charge in [0.15, 0.2) is 0 Å². The molecule has 0 saturated carbocycles. The number of carbonyl (C=O) groups is 1. The van der Waals surface area contributed by atoms with Crippen molar-refractivity contribution in [2.45, 2.75) is 33.2 Å². The summed E-state index contributed by atoms with van der Waals surface area (Å²) in [6, 6.07) is 15.6. The lowest BCUT2D eigenvalue weighted by Crippen LogP contribution is -2.46. The second kappa shape index (κ2) is 8.60. The van der Waals surface area contributed by atoms with Crippen LogP contribution < -0.4 is 5.32 Å². The van der Waals surface area contributed by atoms with Gasteiger partial charge in [-0.1, -0.05) is 72.3 Å². The number of allylic oxidation sites excluding steroid dienone is 1. The number of amides is 2. The van der Waals surface area contributed by atoms with Gasteiger partial charge in [-0.25, -0.2) is 4.79 Å². The van der Waals surface area contributed by atoms with E-state index in [1.54, 1.807) is 11.0 Å². The molecule has 1 aromatic heterocycles. The first kappa shape index (κ1) is 20.6.